The van der Waals surface area contributed by atoms with Crippen LogP contribution in [0.4, 0.5) is 13.2 Å². The summed E-state index contributed by atoms with van der Waals surface area (Å²) in [4.78, 5) is 14.8. The number of pyridine rings is 1. The van der Waals surface area contributed by atoms with Gasteiger partial charge in [0, 0.05) is 11.8 Å². The van der Waals surface area contributed by atoms with Gasteiger partial charge >= 0.3 is 12.1 Å². The van der Waals surface area contributed by atoms with Gasteiger partial charge in [0.15, 0.2) is 0 Å². The highest BCUT2D eigenvalue weighted by molar-refractivity contribution is 5.89. The molecular formula is C15H12F3NO4. The molecule has 2 N–H and O–H groups in total. The number of nitrogens with zero attached hydrogens (tertiary/aromatic N) is 1. The highest BCUT2D eigenvalue weighted by Crippen LogP contribution is 2.35. The molecule has 0 saturated heterocycles. The van der Waals surface area contributed by atoms with Gasteiger partial charge in [0.2, 0.25) is 5.88 Å². The number of alkyl halides is 3. The first kappa shape index (κ1) is 16.8. The average molecular weight is 327 g/mol. The van der Waals surface area contributed by atoms with Gasteiger partial charge in [-0.05, 0) is 23.8 Å². The third kappa shape index (κ3) is 3.98. The zero-order valence-corrected chi connectivity index (χ0v) is 11.7. The van der Waals surface area contributed by atoms with Crippen LogP contribution in [0.1, 0.15) is 15.9 Å². The maximum absolute atomic E-state index is 12.8. The Bertz CT molecular complexity index is 716. The molecule has 0 saturated carbocycles. The Morgan fingerprint density at radius 2 is 2.00 bits per heavy atom. The zero-order chi connectivity index (χ0) is 17.0. The smallest absolute Gasteiger partial charge is 0.416 e. The van der Waals surface area contributed by atoms with Crippen molar-refractivity contribution in [3.63, 3.8) is 0 Å². The number of carboxylic acid groups (broad SMARTS) is 1. The third-order valence-electron chi connectivity index (χ3n) is 2.93. The Morgan fingerprint density at radius 3 is 2.61 bits per heavy atom. The molecule has 2 rings (SSSR count). The predicted molar refractivity (Wildman–Crippen MR) is 74.2 cm³/mol. The number of aromatic nitrogens is 1. The maximum Gasteiger partial charge on any atom is 0.416 e. The van der Waals surface area contributed by atoms with Crippen LogP contribution in [-0.2, 0) is 6.18 Å². The summed E-state index contributed by atoms with van der Waals surface area (Å²) in [5.41, 5.74) is -0.842. The second-order valence-electron chi connectivity index (χ2n) is 4.53. The fraction of sp³-hybridized carbons (Fsp3) is 0.200. The molecule has 0 unspecified atom stereocenters. The van der Waals surface area contributed by atoms with Crippen LogP contribution in [0.15, 0.2) is 36.5 Å². The van der Waals surface area contributed by atoms with E-state index in [1.807, 2.05) is 0 Å². The molecule has 0 spiro atoms. The summed E-state index contributed by atoms with van der Waals surface area (Å²) in [6.45, 7) is -0.435. The summed E-state index contributed by atoms with van der Waals surface area (Å²) in [5, 5.41) is 17.8. The van der Waals surface area contributed by atoms with Gasteiger partial charge in [0.1, 0.15) is 6.61 Å². The minimum atomic E-state index is -4.53. The molecule has 0 amide bonds. The molecule has 0 aliphatic carbocycles. The first-order valence-electron chi connectivity index (χ1n) is 6.47. The molecule has 5 nitrogen and oxygen atoms in total. The molecule has 1 aromatic carbocycles. The standard InChI is InChI=1S/C15H12F3NO4/c16-15(17,18)11-3-1-2-9(6-11)12-7-10(14(21)22)8-19-13(12)23-5-4-20/h1-3,6-8,20H,4-5H2,(H,21,22). The lowest BCUT2D eigenvalue weighted by atomic mass is 10.0. The van der Waals surface area contributed by atoms with Crippen LogP contribution >= 0.6 is 0 Å². The van der Waals surface area contributed by atoms with Crippen molar-refractivity contribution in [1.82, 2.24) is 4.98 Å². The molecular weight excluding hydrogens is 315 g/mol. The van der Waals surface area contributed by atoms with Crippen molar-refractivity contribution in [1.29, 1.82) is 0 Å². The van der Waals surface area contributed by atoms with Gasteiger partial charge in [-0.3, -0.25) is 0 Å². The Balaban J connectivity index is 2.55. The summed E-state index contributed by atoms with van der Waals surface area (Å²) in [6.07, 6.45) is -3.49. The lowest BCUT2D eigenvalue weighted by molar-refractivity contribution is -0.137. The normalized spacial score (nSPS) is 11.3. The highest BCUT2D eigenvalue weighted by Gasteiger charge is 2.30. The van der Waals surface area contributed by atoms with E-state index in [1.54, 1.807) is 0 Å². The van der Waals surface area contributed by atoms with Gasteiger partial charge in [-0.1, -0.05) is 12.1 Å². The lowest BCUT2D eigenvalue weighted by Gasteiger charge is -2.12. The topological polar surface area (TPSA) is 79.7 Å². The summed E-state index contributed by atoms with van der Waals surface area (Å²) in [6, 6.07) is 5.57. The fourth-order valence-electron chi connectivity index (χ4n) is 1.90. The van der Waals surface area contributed by atoms with Crippen LogP contribution in [0.25, 0.3) is 11.1 Å². The monoisotopic (exact) mass is 327 g/mol. The molecule has 0 aliphatic heterocycles. The van der Waals surface area contributed by atoms with E-state index >= 15 is 0 Å². The number of aliphatic hydroxyl groups excluding tert-OH is 1. The SMILES string of the molecule is O=C(O)c1cnc(OCCO)c(-c2cccc(C(F)(F)F)c2)c1. The predicted octanol–water partition coefficient (Wildman–Crippen LogP) is 2.84. The van der Waals surface area contributed by atoms with Crippen LogP contribution in [0, 0.1) is 0 Å². The fourth-order valence-corrected chi connectivity index (χ4v) is 1.90. The number of rotatable bonds is 5. The number of benzene rings is 1. The molecule has 2 aromatic rings. The van der Waals surface area contributed by atoms with E-state index in [0.717, 1.165) is 18.3 Å². The van der Waals surface area contributed by atoms with Crippen LogP contribution in [0.3, 0.4) is 0 Å². The second-order valence-corrected chi connectivity index (χ2v) is 4.53. The number of aromatic carboxylic acids is 1. The Labute approximate surface area is 129 Å². The lowest BCUT2D eigenvalue weighted by Crippen LogP contribution is -2.07. The van der Waals surface area contributed by atoms with E-state index in [9.17, 15) is 18.0 Å². The molecule has 122 valence electrons. The molecule has 0 bridgehead atoms. The second kappa shape index (κ2) is 6.66. The first-order valence-corrected chi connectivity index (χ1v) is 6.47. The van der Waals surface area contributed by atoms with Crippen LogP contribution in [-0.4, -0.2) is 34.4 Å². The van der Waals surface area contributed by atoms with Gasteiger partial charge < -0.3 is 14.9 Å². The van der Waals surface area contributed by atoms with Crippen LogP contribution < -0.4 is 4.74 Å². The first-order chi connectivity index (χ1) is 10.8. The third-order valence-corrected chi connectivity index (χ3v) is 2.93. The minimum absolute atomic E-state index is 0.0524. The molecule has 0 atom stereocenters. The Kier molecular flexibility index (Phi) is 4.85. The van der Waals surface area contributed by atoms with E-state index in [2.05, 4.69) is 4.98 Å². The molecule has 0 fully saturated rings. The quantitative estimate of drug-likeness (QED) is 0.883. The van der Waals surface area contributed by atoms with Crippen molar-refractivity contribution in [2.45, 2.75) is 6.18 Å². The van der Waals surface area contributed by atoms with Gasteiger partial charge in [0.05, 0.1) is 17.7 Å². The van der Waals surface area contributed by atoms with Gasteiger partial charge in [-0.15, -0.1) is 0 Å². The number of hydrogen-bond donors (Lipinski definition) is 2. The largest absolute Gasteiger partial charge is 0.478 e. The Hall–Kier alpha value is -2.61. The number of ether oxygens (including phenoxy) is 1. The maximum atomic E-state index is 12.8. The van der Waals surface area contributed by atoms with E-state index in [0.29, 0.717) is 0 Å². The van der Waals surface area contributed by atoms with Crippen LogP contribution in [0.2, 0.25) is 0 Å². The van der Waals surface area contributed by atoms with Gasteiger partial charge in [-0.2, -0.15) is 13.2 Å². The number of aliphatic hydroxyl groups is 1. The van der Waals surface area contributed by atoms with E-state index < -0.39 is 17.7 Å². The van der Waals surface area contributed by atoms with Gasteiger partial charge in [-0.25, -0.2) is 9.78 Å². The summed E-state index contributed by atoms with van der Waals surface area (Å²) in [7, 11) is 0. The Morgan fingerprint density at radius 1 is 1.26 bits per heavy atom. The van der Waals surface area contributed by atoms with E-state index in [1.165, 1.54) is 18.2 Å². The molecule has 0 radical (unpaired) electrons. The van der Waals surface area contributed by atoms with Crippen molar-refractivity contribution in [3.8, 4) is 17.0 Å². The van der Waals surface area contributed by atoms with Crippen molar-refractivity contribution < 1.29 is 32.9 Å². The average Bonchev–Trinajstić information content (AvgIpc) is 2.52. The number of hydrogen-bond acceptors (Lipinski definition) is 4. The minimum Gasteiger partial charge on any atom is -0.478 e. The number of carbonyl (C=O) groups is 1. The van der Waals surface area contributed by atoms with Crippen molar-refractivity contribution >= 4 is 5.97 Å². The summed E-state index contributed by atoms with van der Waals surface area (Å²) in [5.74, 6) is -1.32. The van der Waals surface area contributed by atoms with Crippen molar-refractivity contribution in [3.05, 3.63) is 47.7 Å². The summed E-state index contributed by atoms with van der Waals surface area (Å²) >= 11 is 0. The molecule has 23 heavy (non-hydrogen) atoms. The highest BCUT2D eigenvalue weighted by atomic mass is 19.4. The number of halogens is 3. The number of carboxylic acids is 1. The molecule has 1 aromatic heterocycles. The summed E-state index contributed by atoms with van der Waals surface area (Å²) < 4.78 is 43.6. The zero-order valence-electron chi connectivity index (χ0n) is 11.7. The van der Waals surface area contributed by atoms with Crippen molar-refractivity contribution in [2.75, 3.05) is 13.2 Å². The van der Waals surface area contributed by atoms with E-state index in [-0.39, 0.29) is 35.8 Å². The van der Waals surface area contributed by atoms with E-state index in [4.69, 9.17) is 14.9 Å². The molecule has 0 aliphatic rings. The molecule has 8 heteroatoms. The van der Waals surface area contributed by atoms with Gasteiger partial charge in [0.25, 0.3) is 0 Å². The molecule has 1 heterocycles. The van der Waals surface area contributed by atoms with Crippen molar-refractivity contribution in [2.24, 2.45) is 0 Å². The van der Waals surface area contributed by atoms with Crippen LogP contribution in [0.5, 0.6) is 5.88 Å².